The lowest BCUT2D eigenvalue weighted by Crippen LogP contribution is -2.32. The van der Waals surface area contributed by atoms with E-state index < -0.39 is 0 Å². The zero-order valence-corrected chi connectivity index (χ0v) is 13.2. The quantitative estimate of drug-likeness (QED) is 0.664. The van der Waals surface area contributed by atoms with Crippen molar-refractivity contribution in [2.75, 3.05) is 0 Å². The molecule has 4 rings (SSSR count). The minimum Gasteiger partial charge on any atom is -0.276 e. The van der Waals surface area contributed by atoms with Gasteiger partial charge in [-0.2, -0.15) is 5.10 Å². The summed E-state index contributed by atoms with van der Waals surface area (Å²) in [5, 5.41) is 6.65. The Bertz CT molecular complexity index is 854. The van der Waals surface area contributed by atoms with Crippen LogP contribution in [-0.2, 0) is 0 Å². The molecule has 0 spiro atoms. The number of thiophene rings is 1. The van der Waals surface area contributed by atoms with Crippen LogP contribution in [0.2, 0.25) is 0 Å². The van der Waals surface area contributed by atoms with E-state index in [1.54, 1.807) is 11.3 Å². The molecule has 3 aromatic rings. The molecule has 0 bridgehead atoms. The first-order valence-corrected chi connectivity index (χ1v) is 8.05. The number of aliphatic imine (C=N–C) groups is 1. The van der Waals surface area contributed by atoms with Gasteiger partial charge in [-0.25, -0.2) is 4.52 Å². The van der Waals surface area contributed by atoms with Gasteiger partial charge in [0.05, 0.1) is 27.8 Å². The smallest absolute Gasteiger partial charge is 0.0845 e. The largest absolute Gasteiger partial charge is 0.276 e. The van der Waals surface area contributed by atoms with Gasteiger partial charge >= 0.3 is 0 Å². The van der Waals surface area contributed by atoms with Gasteiger partial charge < -0.3 is 0 Å². The highest BCUT2D eigenvalue weighted by Crippen LogP contribution is 2.41. The van der Waals surface area contributed by atoms with Crippen LogP contribution in [0.3, 0.4) is 0 Å². The number of hydrogen-bond donors (Lipinski definition) is 0. The van der Waals surface area contributed by atoms with Gasteiger partial charge in [0.1, 0.15) is 0 Å². The monoisotopic (exact) mass is 295 g/mol. The van der Waals surface area contributed by atoms with Crippen LogP contribution in [0.25, 0.3) is 5.52 Å². The first-order chi connectivity index (χ1) is 10.1. The Labute approximate surface area is 128 Å². The normalized spacial score (nSPS) is 20.3. The van der Waals surface area contributed by atoms with Gasteiger partial charge in [-0.05, 0) is 49.1 Å². The average Bonchev–Trinajstić information content (AvgIpc) is 3.10. The van der Waals surface area contributed by atoms with Crippen molar-refractivity contribution in [1.82, 2.24) is 9.61 Å². The fourth-order valence-corrected chi connectivity index (χ4v) is 3.93. The third-order valence-corrected chi connectivity index (χ3v) is 5.43. The summed E-state index contributed by atoms with van der Waals surface area (Å²) in [6, 6.07) is 8.49. The van der Waals surface area contributed by atoms with Crippen molar-refractivity contribution < 1.29 is 0 Å². The minimum atomic E-state index is -0.0858. The molecule has 0 aromatic carbocycles. The van der Waals surface area contributed by atoms with Crippen molar-refractivity contribution in [3.63, 3.8) is 0 Å². The van der Waals surface area contributed by atoms with Gasteiger partial charge in [0.25, 0.3) is 0 Å². The van der Waals surface area contributed by atoms with Crippen molar-refractivity contribution in [3.8, 4) is 0 Å². The summed E-state index contributed by atoms with van der Waals surface area (Å²) in [5.74, 6) is 0.437. The van der Waals surface area contributed by atoms with Crippen LogP contribution in [0, 0.1) is 0 Å². The van der Waals surface area contributed by atoms with Gasteiger partial charge in [-0.15, -0.1) is 11.3 Å². The van der Waals surface area contributed by atoms with E-state index in [0.717, 1.165) is 16.8 Å². The number of hydrogen-bond acceptors (Lipinski definition) is 3. The lowest BCUT2D eigenvalue weighted by molar-refractivity contribution is 0.433. The second kappa shape index (κ2) is 4.28. The highest BCUT2D eigenvalue weighted by atomic mass is 32.1. The summed E-state index contributed by atoms with van der Waals surface area (Å²) < 4.78 is 1.88. The first kappa shape index (κ1) is 12.8. The summed E-state index contributed by atoms with van der Waals surface area (Å²) in [6.45, 7) is 6.68. The van der Waals surface area contributed by atoms with E-state index in [2.05, 4.69) is 49.4 Å². The number of rotatable bonds is 1. The molecule has 0 aliphatic carbocycles. The molecular formula is C17H17N3S. The third-order valence-electron chi connectivity index (χ3n) is 4.49. The van der Waals surface area contributed by atoms with E-state index >= 15 is 0 Å². The van der Waals surface area contributed by atoms with Crippen molar-refractivity contribution in [1.29, 1.82) is 0 Å². The second-order valence-electron chi connectivity index (χ2n) is 6.16. The van der Waals surface area contributed by atoms with Gasteiger partial charge in [0.15, 0.2) is 0 Å². The van der Waals surface area contributed by atoms with Crippen LogP contribution >= 0.6 is 11.3 Å². The van der Waals surface area contributed by atoms with Crippen molar-refractivity contribution >= 4 is 22.6 Å². The molecule has 1 aliphatic heterocycles. The summed E-state index contributed by atoms with van der Waals surface area (Å²) in [4.78, 5) is 6.34. The summed E-state index contributed by atoms with van der Waals surface area (Å²) in [6.07, 6.45) is 3.88. The Hall–Kier alpha value is -1.94. The number of nitrogens with zero attached hydrogens (tertiary/aromatic N) is 3. The highest BCUT2D eigenvalue weighted by molar-refractivity contribution is 7.12. The minimum absolute atomic E-state index is 0.0858. The van der Waals surface area contributed by atoms with Gasteiger partial charge in [0, 0.05) is 17.7 Å². The third kappa shape index (κ3) is 1.86. The summed E-state index contributed by atoms with van der Waals surface area (Å²) in [5.41, 5.74) is 4.61. The van der Waals surface area contributed by atoms with Crippen molar-refractivity contribution in [3.05, 3.63) is 58.0 Å². The zero-order chi connectivity index (χ0) is 14.6. The maximum Gasteiger partial charge on any atom is 0.0845 e. The van der Waals surface area contributed by atoms with E-state index in [9.17, 15) is 0 Å². The van der Waals surface area contributed by atoms with E-state index in [4.69, 9.17) is 4.99 Å². The molecule has 4 heterocycles. The van der Waals surface area contributed by atoms with Crippen LogP contribution in [0.5, 0.6) is 0 Å². The van der Waals surface area contributed by atoms with E-state index in [1.165, 1.54) is 10.4 Å². The predicted molar refractivity (Wildman–Crippen MR) is 87.6 cm³/mol. The lowest BCUT2D eigenvalue weighted by atomic mass is 9.80. The molecule has 1 atom stereocenters. The Morgan fingerprint density at radius 3 is 3.00 bits per heavy atom. The average molecular weight is 295 g/mol. The van der Waals surface area contributed by atoms with Gasteiger partial charge in [0.2, 0.25) is 0 Å². The Morgan fingerprint density at radius 1 is 1.29 bits per heavy atom. The van der Waals surface area contributed by atoms with E-state index in [1.807, 2.05) is 23.0 Å². The van der Waals surface area contributed by atoms with E-state index in [-0.39, 0.29) is 5.54 Å². The van der Waals surface area contributed by atoms with Gasteiger partial charge in [-0.1, -0.05) is 6.92 Å². The summed E-state index contributed by atoms with van der Waals surface area (Å²) >= 11 is 1.77. The highest BCUT2D eigenvalue weighted by Gasteiger charge is 2.35. The Kier molecular flexibility index (Phi) is 2.60. The SMILES string of the molecule is CC1c2ccsc2C(c2cnn3cccc3c2)=NC1(C)C. The number of fused-ring (bicyclic) bond motifs is 2. The molecule has 1 unspecified atom stereocenters. The zero-order valence-electron chi connectivity index (χ0n) is 12.4. The Balaban J connectivity index is 1.94. The molecule has 1 aliphatic rings. The predicted octanol–water partition coefficient (Wildman–Crippen LogP) is 4.13. The Morgan fingerprint density at radius 2 is 2.14 bits per heavy atom. The van der Waals surface area contributed by atoms with Crippen LogP contribution in [-0.4, -0.2) is 20.9 Å². The second-order valence-corrected chi connectivity index (χ2v) is 7.08. The number of aromatic nitrogens is 2. The molecule has 3 aromatic heterocycles. The maximum atomic E-state index is 5.05. The fraction of sp³-hybridized carbons (Fsp3) is 0.294. The summed E-state index contributed by atoms with van der Waals surface area (Å²) in [7, 11) is 0. The molecule has 0 saturated heterocycles. The van der Waals surface area contributed by atoms with Crippen LogP contribution < -0.4 is 0 Å². The first-order valence-electron chi connectivity index (χ1n) is 7.18. The van der Waals surface area contributed by atoms with Crippen LogP contribution in [0.4, 0.5) is 0 Å². The molecule has 106 valence electrons. The van der Waals surface area contributed by atoms with Crippen LogP contribution in [0.1, 0.15) is 42.7 Å². The molecule has 0 saturated carbocycles. The molecule has 0 radical (unpaired) electrons. The molecule has 0 fully saturated rings. The molecule has 3 nitrogen and oxygen atoms in total. The maximum absolute atomic E-state index is 5.05. The molecule has 4 heteroatoms. The molecular weight excluding hydrogens is 278 g/mol. The van der Waals surface area contributed by atoms with Crippen molar-refractivity contribution in [2.24, 2.45) is 4.99 Å². The van der Waals surface area contributed by atoms with Crippen LogP contribution in [0.15, 0.2) is 47.0 Å². The van der Waals surface area contributed by atoms with Crippen molar-refractivity contribution in [2.45, 2.75) is 32.2 Å². The van der Waals surface area contributed by atoms with Gasteiger partial charge in [-0.3, -0.25) is 4.99 Å². The van der Waals surface area contributed by atoms with E-state index in [0.29, 0.717) is 5.92 Å². The standard InChI is InChI=1S/C17H17N3S/c1-11-14-6-8-21-16(14)15(19-17(11,2)3)12-9-13-5-4-7-20(13)18-10-12/h4-11H,1-3H3. The fourth-order valence-electron chi connectivity index (χ4n) is 2.92. The topological polar surface area (TPSA) is 29.7 Å². The molecule has 21 heavy (non-hydrogen) atoms. The lowest BCUT2D eigenvalue weighted by Gasteiger charge is -2.33. The molecule has 0 N–H and O–H groups in total. The molecule has 0 amide bonds.